The highest BCUT2D eigenvalue weighted by atomic mass is 16.5. The topological polar surface area (TPSA) is 34.2 Å². The Kier molecular flexibility index (Phi) is 4.39. The molecule has 3 nitrogen and oxygen atoms in total. The highest BCUT2D eigenvalue weighted by molar-refractivity contribution is 5.88. The summed E-state index contributed by atoms with van der Waals surface area (Å²) in [5, 5.41) is 1.43. The van der Waals surface area contributed by atoms with Gasteiger partial charge in [-0.25, -0.2) is 0 Å². The van der Waals surface area contributed by atoms with Crippen molar-refractivity contribution in [1.29, 1.82) is 0 Å². The maximum Gasteiger partial charge on any atom is 0.160 e. The Bertz CT molecular complexity index is 954. The van der Waals surface area contributed by atoms with Crippen molar-refractivity contribution in [2.24, 2.45) is 0 Å². The molecular weight excluding hydrogens is 322 g/mol. The van der Waals surface area contributed by atoms with E-state index >= 15 is 0 Å². The maximum atomic E-state index is 5.48. The number of hydrogen-bond donors (Lipinski definition) is 1. The first kappa shape index (κ1) is 17.0. The van der Waals surface area contributed by atoms with E-state index in [1.165, 1.54) is 58.1 Å². The Morgan fingerprint density at radius 2 is 1.85 bits per heavy atom. The van der Waals surface area contributed by atoms with E-state index < -0.39 is 0 Å². The molecule has 0 saturated carbocycles. The zero-order valence-electron chi connectivity index (χ0n) is 16.1. The lowest BCUT2D eigenvalue weighted by molar-refractivity contribution is 0.354. The lowest BCUT2D eigenvalue weighted by atomic mass is 9.83. The number of H-pyrrole nitrogens is 1. The van der Waals surface area contributed by atoms with Crippen LogP contribution in [-0.4, -0.2) is 19.2 Å². The van der Waals surface area contributed by atoms with E-state index in [9.17, 15) is 0 Å². The van der Waals surface area contributed by atoms with Crippen LogP contribution in [0.3, 0.4) is 0 Å². The molecule has 0 radical (unpaired) electrons. The minimum atomic E-state index is 0.531. The third-order valence-electron chi connectivity index (χ3n) is 5.71. The van der Waals surface area contributed by atoms with Crippen LogP contribution in [0.2, 0.25) is 0 Å². The second-order valence-electron chi connectivity index (χ2n) is 7.50. The van der Waals surface area contributed by atoms with Gasteiger partial charge in [0.05, 0.1) is 14.2 Å². The molecule has 3 aromatic rings. The molecule has 2 aromatic carbocycles. The van der Waals surface area contributed by atoms with Gasteiger partial charge in [-0.05, 0) is 74.4 Å². The normalized spacial score (nSPS) is 16.5. The van der Waals surface area contributed by atoms with E-state index in [-0.39, 0.29) is 0 Å². The van der Waals surface area contributed by atoms with Crippen molar-refractivity contribution < 1.29 is 9.47 Å². The van der Waals surface area contributed by atoms with Gasteiger partial charge in [-0.15, -0.1) is 0 Å². The third-order valence-corrected chi connectivity index (χ3v) is 5.71. The molecule has 3 heteroatoms. The summed E-state index contributed by atoms with van der Waals surface area (Å²) >= 11 is 0. The van der Waals surface area contributed by atoms with Gasteiger partial charge < -0.3 is 14.5 Å². The van der Waals surface area contributed by atoms with Crippen molar-refractivity contribution in [2.45, 2.75) is 45.4 Å². The SMILES string of the molecule is COc1ccc(CC2CCCc3c2[nH]c2c(C)cc(C)cc32)cc1OC. The van der Waals surface area contributed by atoms with Crippen LogP contribution < -0.4 is 9.47 Å². The predicted octanol–water partition coefficient (Wildman–Crippen LogP) is 5.46. The summed E-state index contributed by atoms with van der Waals surface area (Å²) in [5.41, 5.74) is 8.28. The van der Waals surface area contributed by atoms with Gasteiger partial charge in [0.1, 0.15) is 0 Å². The van der Waals surface area contributed by atoms with Crippen molar-refractivity contribution in [3.05, 3.63) is 58.3 Å². The molecule has 1 unspecified atom stereocenters. The van der Waals surface area contributed by atoms with E-state index in [2.05, 4.69) is 43.1 Å². The molecule has 1 aliphatic carbocycles. The number of aromatic amines is 1. The highest BCUT2D eigenvalue weighted by Crippen LogP contribution is 2.39. The van der Waals surface area contributed by atoms with Crippen LogP contribution in [0.15, 0.2) is 30.3 Å². The van der Waals surface area contributed by atoms with Gasteiger partial charge in [0, 0.05) is 22.5 Å². The second-order valence-corrected chi connectivity index (χ2v) is 7.50. The Labute approximate surface area is 155 Å². The summed E-state index contributed by atoms with van der Waals surface area (Å²) in [6.45, 7) is 4.40. The fourth-order valence-corrected chi connectivity index (χ4v) is 4.51. The zero-order chi connectivity index (χ0) is 18.3. The first-order chi connectivity index (χ1) is 12.6. The number of aryl methyl sites for hydroxylation is 3. The van der Waals surface area contributed by atoms with Crippen LogP contribution in [0.4, 0.5) is 0 Å². The molecule has 0 spiro atoms. The lowest BCUT2D eigenvalue weighted by Crippen LogP contribution is -2.11. The van der Waals surface area contributed by atoms with Crippen LogP contribution in [0.5, 0.6) is 11.5 Å². The van der Waals surface area contributed by atoms with Gasteiger partial charge in [-0.2, -0.15) is 0 Å². The summed E-state index contributed by atoms with van der Waals surface area (Å²) < 4.78 is 10.9. The van der Waals surface area contributed by atoms with Gasteiger partial charge in [0.25, 0.3) is 0 Å². The Hall–Kier alpha value is -2.42. The number of ether oxygens (including phenoxy) is 2. The number of benzene rings is 2. The zero-order valence-corrected chi connectivity index (χ0v) is 16.1. The van der Waals surface area contributed by atoms with Crippen LogP contribution in [0, 0.1) is 13.8 Å². The highest BCUT2D eigenvalue weighted by Gasteiger charge is 2.25. The molecule has 0 amide bonds. The number of nitrogens with one attached hydrogen (secondary N) is 1. The summed E-state index contributed by atoms with van der Waals surface area (Å²) in [4.78, 5) is 3.78. The van der Waals surface area contributed by atoms with Crippen LogP contribution >= 0.6 is 0 Å². The number of methoxy groups -OCH3 is 2. The molecule has 1 aliphatic rings. The average Bonchev–Trinajstić information content (AvgIpc) is 3.02. The van der Waals surface area contributed by atoms with E-state index in [0.29, 0.717) is 5.92 Å². The van der Waals surface area contributed by atoms with E-state index in [4.69, 9.17) is 9.47 Å². The third kappa shape index (κ3) is 2.86. The minimum Gasteiger partial charge on any atom is -0.493 e. The van der Waals surface area contributed by atoms with Crippen molar-refractivity contribution in [1.82, 2.24) is 4.98 Å². The smallest absolute Gasteiger partial charge is 0.160 e. The Balaban J connectivity index is 1.71. The summed E-state index contributed by atoms with van der Waals surface area (Å²) in [6.07, 6.45) is 4.69. The van der Waals surface area contributed by atoms with Crippen LogP contribution in [0.25, 0.3) is 10.9 Å². The molecule has 26 heavy (non-hydrogen) atoms. The number of fused-ring (bicyclic) bond motifs is 3. The average molecular weight is 349 g/mol. The minimum absolute atomic E-state index is 0.531. The number of hydrogen-bond acceptors (Lipinski definition) is 2. The Morgan fingerprint density at radius 3 is 2.62 bits per heavy atom. The molecular formula is C23H27NO2. The van der Waals surface area contributed by atoms with E-state index in [1.54, 1.807) is 14.2 Å². The summed E-state index contributed by atoms with van der Waals surface area (Å²) in [5.74, 6) is 2.13. The maximum absolute atomic E-state index is 5.48. The molecule has 1 atom stereocenters. The molecule has 1 aromatic heterocycles. The van der Waals surface area contributed by atoms with Gasteiger partial charge in [-0.1, -0.05) is 17.7 Å². The molecule has 0 saturated heterocycles. The first-order valence-corrected chi connectivity index (χ1v) is 9.43. The molecule has 0 bridgehead atoms. The van der Waals surface area contributed by atoms with Gasteiger partial charge in [0.15, 0.2) is 11.5 Å². The molecule has 136 valence electrons. The van der Waals surface area contributed by atoms with Crippen LogP contribution in [0.1, 0.15) is 46.7 Å². The molecule has 4 rings (SSSR count). The summed E-state index contributed by atoms with van der Waals surface area (Å²) in [6, 6.07) is 10.9. The molecule has 1 N–H and O–H groups in total. The van der Waals surface area contributed by atoms with Gasteiger partial charge >= 0.3 is 0 Å². The van der Waals surface area contributed by atoms with Crippen LogP contribution in [-0.2, 0) is 12.8 Å². The summed E-state index contributed by atoms with van der Waals surface area (Å²) in [7, 11) is 3.38. The number of aromatic nitrogens is 1. The predicted molar refractivity (Wildman–Crippen MR) is 107 cm³/mol. The van der Waals surface area contributed by atoms with Crippen molar-refractivity contribution >= 4 is 10.9 Å². The van der Waals surface area contributed by atoms with Crippen molar-refractivity contribution in [3.63, 3.8) is 0 Å². The fourth-order valence-electron chi connectivity index (χ4n) is 4.51. The quantitative estimate of drug-likeness (QED) is 0.678. The molecule has 0 fully saturated rings. The van der Waals surface area contributed by atoms with Gasteiger partial charge in [0.2, 0.25) is 0 Å². The second kappa shape index (κ2) is 6.71. The first-order valence-electron chi connectivity index (χ1n) is 9.43. The van der Waals surface area contributed by atoms with Crippen molar-refractivity contribution in [2.75, 3.05) is 14.2 Å². The van der Waals surface area contributed by atoms with E-state index in [1.807, 2.05) is 6.07 Å². The van der Waals surface area contributed by atoms with Gasteiger partial charge in [-0.3, -0.25) is 0 Å². The largest absolute Gasteiger partial charge is 0.493 e. The van der Waals surface area contributed by atoms with E-state index in [0.717, 1.165) is 17.9 Å². The standard InChI is InChI=1S/C23H27NO2/c1-14-10-15(2)22-19(11-14)18-7-5-6-17(23(18)24-22)12-16-8-9-20(25-3)21(13-16)26-4/h8-11,13,17,24H,5-7,12H2,1-4H3. The number of rotatable bonds is 4. The van der Waals surface area contributed by atoms with Crippen molar-refractivity contribution in [3.8, 4) is 11.5 Å². The lowest BCUT2D eigenvalue weighted by Gasteiger charge is -2.23. The Morgan fingerprint density at radius 1 is 1.04 bits per heavy atom. The molecule has 0 aliphatic heterocycles. The monoisotopic (exact) mass is 349 g/mol. The molecule has 1 heterocycles. The fraction of sp³-hybridized carbons (Fsp3) is 0.391.